The molecule has 0 bridgehead atoms. The zero-order valence-corrected chi connectivity index (χ0v) is 19.8. The minimum absolute atomic E-state index is 0.0766. The molecule has 0 spiro atoms. The van der Waals surface area contributed by atoms with Crippen LogP contribution in [0.15, 0.2) is 47.5 Å². The fourth-order valence-corrected chi connectivity index (χ4v) is 3.00. The third kappa shape index (κ3) is 5.60. The lowest BCUT2D eigenvalue weighted by Gasteiger charge is -2.39. The fourth-order valence-electron chi connectivity index (χ4n) is 3.00. The van der Waals surface area contributed by atoms with E-state index in [0.717, 1.165) is 10.0 Å². The van der Waals surface area contributed by atoms with Crippen molar-refractivity contribution in [2.75, 3.05) is 12.1 Å². The van der Waals surface area contributed by atoms with E-state index < -0.39 is 29.2 Å². The lowest BCUT2D eigenvalue weighted by molar-refractivity contribution is 0.0255. The number of anilines is 1. The summed E-state index contributed by atoms with van der Waals surface area (Å²) in [6.45, 7) is 10.3. The molecule has 0 radical (unpaired) electrons. The van der Waals surface area contributed by atoms with Crippen molar-refractivity contribution < 1.29 is 28.2 Å². The van der Waals surface area contributed by atoms with Crippen LogP contribution in [0.4, 0.5) is 25.4 Å². The first-order valence-corrected chi connectivity index (χ1v) is 10.4. The summed E-state index contributed by atoms with van der Waals surface area (Å²) in [4.78, 5) is 31.4. The lowest BCUT2D eigenvalue weighted by atomic mass is 10.1. The molecular weight excluding hydrogens is 429 g/mol. The Balaban J connectivity index is 2.25. The van der Waals surface area contributed by atoms with Crippen molar-refractivity contribution in [1.29, 1.82) is 0 Å². The zero-order chi connectivity index (χ0) is 24.6. The van der Waals surface area contributed by atoms with Gasteiger partial charge in [-0.1, -0.05) is 0 Å². The summed E-state index contributed by atoms with van der Waals surface area (Å²) in [7, 11) is 1.49. The molecule has 0 fully saturated rings. The van der Waals surface area contributed by atoms with Gasteiger partial charge in [0.2, 0.25) is 0 Å². The van der Waals surface area contributed by atoms with Gasteiger partial charge in [0.15, 0.2) is 5.84 Å². The summed E-state index contributed by atoms with van der Waals surface area (Å²) in [5.74, 6) is 0.0766. The molecule has 3 rings (SSSR count). The molecule has 1 aliphatic heterocycles. The second-order valence-electron chi connectivity index (χ2n) is 9.38. The third-order valence-corrected chi connectivity index (χ3v) is 4.27. The smallest absolute Gasteiger partial charge is 0.436 e. The number of nitrogens with zero attached hydrogens (tertiary/aromatic N) is 3. The predicted octanol–water partition coefficient (Wildman–Crippen LogP) is 5.82. The molecule has 0 N–H and O–H groups in total. The molecule has 0 unspecified atom stereocenters. The average molecular weight is 458 g/mol. The highest BCUT2D eigenvalue weighted by molar-refractivity contribution is 6.14. The number of rotatable bonds is 2. The number of hydrogen-bond donors (Lipinski definition) is 0. The van der Waals surface area contributed by atoms with E-state index in [1.54, 1.807) is 59.7 Å². The van der Waals surface area contributed by atoms with E-state index in [1.165, 1.54) is 31.4 Å². The van der Waals surface area contributed by atoms with Gasteiger partial charge in [0.25, 0.3) is 0 Å². The molecule has 2 amide bonds. The van der Waals surface area contributed by atoms with Gasteiger partial charge in [-0.05, 0) is 77.9 Å². The highest BCUT2D eigenvalue weighted by Crippen LogP contribution is 2.39. The zero-order valence-electron chi connectivity index (χ0n) is 19.8. The summed E-state index contributed by atoms with van der Waals surface area (Å²) < 4.78 is 30.1. The molecular formula is C24H28FN3O5. The SMILES string of the molecule is COc1ccc2c(c1)N(C(=O)OC(C)(C)C)N(C(=O)OC(C)(C)C)C(c1ccc(F)cc1)=N2. The van der Waals surface area contributed by atoms with Gasteiger partial charge in [0.05, 0.1) is 18.5 Å². The molecule has 176 valence electrons. The van der Waals surface area contributed by atoms with Gasteiger partial charge in [0, 0.05) is 11.6 Å². The highest BCUT2D eigenvalue weighted by Gasteiger charge is 2.41. The standard InChI is InChI=1S/C24H28FN3O5/c1-23(2,3)32-21(29)27-19-14-17(31-7)12-13-18(19)26-20(15-8-10-16(25)11-9-15)28(27)22(30)33-24(4,5)6/h8-14H,1-7H3. The van der Waals surface area contributed by atoms with Crippen LogP contribution < -0.4 is 9.75 Å². The molecule has 8 nitrogen and oxygen atoms in total. The quantitative estimate of drug-likeness (QED) is 0.568. The summed E-state index contributed by atoms with van der Waals surface area (Å²) in [5.41, 5.74) is -0.655. The lowest BCUT2D eigenvalue weighted by Crippen LogP contribution is -2.57. The fraction of sp³-hybridized carbons (Fsp3) is 0.375. The molecule has 1 heterocycles. The van der Waals surface area contributed by atoms with Crippen LogP contribution >= 0.6 is 0 Å². The second kappa shape index (κ2) is 8.73. The molecule has 2 aromatic rings. The van der Waals surface area contributed by atoms with Crippen molar-refractivity contribution in [1.82, 2.24) is 5.01 Å². The number of amidine groups is 1. The van der Waals surface area contributed by atoms with Crippen molar-refractivity contribution in [3.8, 4) is 5.75 Å². The number of fused-ring (bicyclic) bond motifs is 1. The van der Waals surface area contributed by atoms with Crippen LogP contribution in [-0.4, -0.2) is 41.3 Å². The van der Waals surface area contributed by atoms with Gasteiger partial charge in [-0.3, -0.25) is 0 Å². The van der Waals surface area contributed by atoms with Gasteiger partial charge < -0.3 is 14.2 Å². The number of halogens is 1. The van der Waals surface area contributed by atoms with E-state index in [4.69, 9.17) is 14.2 Å². The Bertz CT molecular complexity index is 1080. The van der Waals surface area contributed by atoms with Crippen molar-refractivity contribution in [2.24, 2.45) is 4.99 Å². The van der Waals surface area contributed by atoms with E-state index in [9.17, 15) is 14.0 Å². The van der Waals surface area contributed by atoms with E-state index in [2.05, 4.69) is 4.99 Å². The van der Waals surface area contributed by atoms with Crippen LogP contribution in [0.2, 0.25) is 0 Å². The Morgan fingerprint density at radius 2 is 1.39 bits per heavy atom. The molecule has 0 aromatic heterocycles. The highest BCUT2D eigenvalue weighted by atomic mass is 19.1. The van der Waals surface area contributed by atoms with Gasteiger partial charge in [-0.2, -0.15) is 10.0 Å². The molecule has 33 heavy (non-hydrogen) atoms. The van der Waals surface area contributed by atoms with Crippen molar-refractivity contribution in [2.45, 2.75) is 52.7 Å². The Kier molecular flexibility index (Phi) is 6.35. The molecule has 0 atom stereocenters. The number of methoxy groups -OCH3 is 1. The van der Waals surface area contributed by atoms with Gasteiger partial charge in [0.1, 0.15) is 22.8 Å². The maximum Gasteiger partial charge on any atom is 0.436 e. The predicted molar refractivity (Wildman–Crippen MR) is 122 cm³/mol. The number of carbonyl (C=O) groups is 2. The van der Waals surface area contributed by atoms with Crippen LogP contribution in [0.25, 0.3) is 0 Å². The first kappa shape index (κ1) is 24.0. The number of carbonyl (C=O) groups excluding carboxylic acids is 2. The van der Waals surface area contributed by atoms with E-state index in [-0.39, 0.29) is 11.5 Å². The Labute approximate surface area is 192 Å². The number of amides is 2. The largest absolute Gasteiger partial charge is 0.497 e. The summed E-state index contributed by atoms with van der Waals surface area (Å²) in [6, 6.07) is 10.3. The number of ether oxygens (including phenoxy) is 3. The molecule has 0 saturated heterocycles. The monoisotopic (exact) mass is 457 g/mol. The van der Waals surface area contributed by atoms with Crippen molar-refractivity contribution >= 4 is 29.4 Å². The van der Waals surface area contributed by atoms with E-state index >= 15 is 0 Å². The normalized spacial score (nSPS) is 13.8. The maximum atomic E-state index is 13.6. The first-order valence-electron chi connectivity index (χ1n) is 10.4. The van der Waals surface area contributed by atoms with Crippen molar-refractivity contribution in [3.63, 3.8) is 0 Å². The molecule has 0 aliphatic carbocycles. The van der Waals surface area contributed by atoms with Gasteiger partial charge >= 0.3 is 12.2 Å². The van der Waals surface area contributed by atoms with Crippen LogP contribution in [0.5, 0.6) is 5.75 Å². The topological polar surface area (TPSA) is 80.7 Å². The average Bonchev–Trinajstić information content (AvgIpc) is 2.69. The minimum atomic E-state index is -0.862. The Hall–Kier alpha value is -3.62. The Morgan fingerprint density at radius 3 is 1.91 bits per heavy atom. The number of hydrogen-bond acceptors (Lipinski definition) is 6. The van der Waals surface area contributed by atoms with Crippen LogP contribution in [0, 0.1) is 5.82 Å². The van der Waals surface area contributed by atoms with Gasteiger partial charge in [-0.25, -0.2) is 19.0 Å². The van der Waals surface area contributed by atoms with Crippen LogP contribution in [0.1, 0.15) is 47.1 Å². The number of hydrazine groups is 1. The molecule has 0 saturated carbocycles. The first-order chi connectivity index (χ1) is 15.3. The van der Waals surface area contributed by atoms with Crippen molar-refractivity contribution in [3.05, 3.63) is 53.8 Å². The van der Waals surface area contributed by atoms with Crippen LogP contribution in [0.3, 0.4) is 0 Å². The number of aliphatic imine (C=N–C) groups is 1. The van der Waals surface area contributed by atoms with Gasteiger partial charge in [-0.15, -0.1) is 0 Å². The molecule has 9 heteroatoms. The maximum absolute atomic E-state index is 13.6. The van der Waals surface area contributed by atoms with E-state index in [0.29, 0.717) is 17.0 Å². The second-order valence-corrected chi connectivity index (χ2v) is 9.38. The summed E-state index contributed by atoms with van der Waals surface area (Å²) >= 11 is 0. The third-order valence-electron chi connectivity index (χ3n) is 4.27. The van der Waals surface area contributed by atoms with Crippen LogP contribution in [-0.2, 0) is 9.47 Å². The van der Waals surface area contributed by atoms with E-state index in [1.807, 2.05) is 0 Å². The Morgan fingerprint density at radius 1 is 0.848 bits per heavy atom. The summed E-state index contributed by atoms with van der Waals surface area (Å²) in [6.07, 6.45) is -1.68. The number of benzene rings is 2. The molecule has 2 aromatic carbocycles. The minimum Gasteiger partial charge on any atom is -0.497 e. The summed E-state index contributed by atoms with van der Waals surface area (Å²) in [5, 5.41) is 2.05. The molecule has 1 aliphatic rings.